The van der Waals surface area contributed by atoms with Crippen molar-refractivity contribution >= 4 is 23.4 Å². The Hall–Kier alpha value is -1.00. The third-order valence-corrected chi connectivity index (χ3v) is 3.52. The van der Waals surface area contributed by atoms with Crippen molar-refractivity contribution in [1.82, 2.24) is 5.32 Å². The molecule has 2 aliphatic rings. The summed E-state index contributed by atoms with van der Waals surface area (Å²) < 4.78 is 0. The maximum Gasteiger partial charge on any atom is 0.234 e. The molecule has 2 N–H and O–H groups in total. The predicted octanol–water partition coefficient (Wildman–Crippen LogP) is 1.38. The summed E-state index contributed by atoms with van der Waals surface area (Å²) in [6, 6.07) is 6.80. The summed E-state index contributed by atoms with van der Waals surface area (Å²) in [4.78, 5) is 12.4. The number of amides is 1. The first kappa shape index (κ1) is 8.32. The Morgan fingerprint density at radius 3 is 3.07 bits per heavy atom. The van der Waals surface area contributed by atoms with Crippen molar-refractivity contribution in [2.24, 2.45) is 0 Å². The second kappa shape index (κ2) is 3.00. The van der Waals surface area contributed by atoms with Crippen molar-refractivity contribution in [3.8, 4) is 0 Å². The summed E-state index contributed by atoms with van der Waals surface area (Å²) in [6.45, 7) is 1.06. The van der Waals surface area contributed by atoms with Crippen molar-refractivity contribution in [2.45, 2.75) is 10.9 Å². The summed E-state index contributed by atoms with van der Waals surface area (Å²) in [5.41, 5.74) is 2.24. The minimum Gasteiger partial charge on any atom is -0.324 e. The monoisotopic (exact) mass is 206 g/mol. The third kappa shape index (κ3) is 1.40. The second-order valence-corrected chi connectivity index (χ2v) is 4.57. The van der Waals surface area contributed by atoms with Gasteiger partial charge >= 0.3 is 0 Å². The normalized spacial score (nSPS) is 24.0. The quantitative estimate of drug-likeness (QED) is 0.682. The summed E-state index contributed by atoms with van der Waals surface area (Å²) in [5, 5.41) is 6.14. The molecule has 4 heteroatoms. The van der Waals surface area contributed by atoms with Crippen LogP contribution in [0, 0.1) is 0 Å². The van der Waals surface area contributed by atoms with Gasteiger partial charge in [-0.2, -0.15) is 0 Å². The molecule has 0 radical (unpaired) electrons. The highest BCUT2D eigenvalue weighted by Gasteiger charge is 2.24. The van der Waals surface area contributed by atoms with E-state index in [2.05, 4.69) is 28.8 Å². The van der Waals surface area contributed by atoms with E-state index < -0.39 is 0 Å². The largest absolute Gasteiger partial charge is 0.324 e. The highest BCUT2D eigenvalue weighted by atomic mass is 32.2. The molecule has 0 bridgehead atoms. The van der Waals surface area contributed by atoms with Crippen LogP contribution < -0.4 is 10.6 Å². The van der Waals surface area contributed by atoms with Crippen LogP contribution in [0.15, 0.2) is 23.1 Å². The summed E-state index contributed by atoms with van der Waals surface area (Å²) in [7, 11) is 0. The fraction of sp³-hybridized carbons (Fsp3) is 0.300. The van der Waals surface area contributed by atoms with Gasteiger partial charge in [0.05, 0.1) is 11.4 Å². The van der Waals surface area contributed by atoms with E-state index in [9.17, 15) is 4.79 Å². The molecule has 1 atom stereocenters. The van der Waals surface area contributed by atoms with Gasteiger partial charge in [0, 0.05) is 17.5 Å². The van der Waals surface area contributed by atoms with Gasteiger partial charge in [0.15, 0.2) is 0 Å². The first-order valence-corrected chi connectivity index (χ1v) is 5.61. The molecule has 3 nitrogen and oxygen atoms in total. The molecule has 2 aliphatic heterocycles. The molecule has 0 saturated carbocycles. The Balaban J connectivity index is 1.99. The lowest BCUT2D eigenvalue weighted by Crippen LogP contribution is -2.18. The summed E-state index contributed by atoms with van der Waals surface area (Å²) in [5.74, 6) is 0.636. The maximum atomic E-state index is 11.2. The fourth-order valence-electron chi connectivity index (χ4n) is 1.61. The fourth-order valence-corrected chi connectivity index (χ4v) is 2.40. The van der Waals surface area contributed by atoms with Crippen LogP contribution in [0.2, 0.25) is 0 Å². The number of carbonyl (C=O) groups excluding carboxylic acids is 1. The first-order chi connectivity index (χ1) is 6.83. The lowest BCUT2D eigenvalue weighted by Gasteiger charge is -2.16. The van der Waals surface area contributed by atoms with Crippen LogP contribution in [0.4, 0.5) is 5.69 Å². The van der Waals surface area contributed by atoms with Gasteiger partial charge in [0.2, 0.25) is 5.91 Å². The van der Waals surface area contributed by atoms with Gasteiger partial charge in [-0.1, -0.05) is 6.07 Å². The third-order valence-electron chi connectivity index (χ3n) is 2.45. The molecule has 0 aliphatic carbocycles. The van der Waals surface area contributed by atoms with E-state index in [4.69, 9.17) is 0 Å². The average Bonchev–Trinajstić information content (AvgIpc) is 3.00. The average molecular weight is 206 g/mol. The van der Waals surface area contributed by atoms with E-state index in [1.165, 1.54) is 10.5 Å². The number of fused-ring (bicyclic) bond motifs is 1. The van der Waals surface area contributed by atoms with E-state index in [-0.39, 0.29) is 5.91 Å². The molecule has 14 heavy (non-hydrogen) atoms. The molecule has 1 amide bonds. The van der Waals surface area contributed by atoms with Crippen molar-refractivity contribution in [2.75, 3.05) is 17.6 Å². The molecule has 3 rings (SSSR count). The van der Waals surface area contributed by atoms with Crippen molar-refractivity contribution in [3.05, 3.63) is 23.8 Å². The van der Waals surface area contributed by atoms with Gasteiger partial charge in [-0.15, -0.1) is 11.8 Å². The van der Waals surface area contributed by atoms with Crippen LogP contribution in [0.25, 0.3) is 0 Å². The number of hydrogen-bond acceptors (Lipinski definition) is 3. The zero-order valence-electron chi connectivity index (χ0n) is 7.54. The Morgan fingerprint density at radius 2 is 2.29 bits per heavy atom. The highest BCUT2D eigenvalue weighted by Crippen LogP contribution is 2.34. The highest BCUT2D eigenvalue weighted by molar-refractivity contribution is 8.00. The van der Waals surface area contributed by atoms with Crippen molar-refractivity contribution in [1.29, 1.82) is 0 Å². The molecule has 72 valence electrons. The van der Waals surface area contributed by atoms with Gasteiger partial charge in [-0.05, 0) is 17.7 Å². The Bertz CT molecular complexity index is 401. The molecule has 1 aromatic carbocycles. The smallest absolute Gasteiger partial charge is 0.234 e. The van der Waals surface area contributed by atoms with E-state index in [1.807, 2.05) is 0 Å². The number of carbonyl (C=O) groups is 1. The van der Waals surface area contributed by atoms with Crippen molar-refractivity contribution < 1.29 is 4.79 Å². The Morgan fingerprint density at radius 1 is 1.43 bits per heavy atom. The van der Waals surface area contributed by atoms with Crippen molar-refractivity contribution in [3.63, 3.8) is 0 Å². The minimum absolute atomic E-state index is 0.100. The van der Waals surface area contributed by atoms with Crippen LogP contribution in [0.3, 0.4) is 0 Å². The second-order valence-electron chi connectivity index (χ2n) is 3.55. The lowest BCUT2D eigenvalue weighted by atomic mass is 10.1. The van der Waals surface area contributed by atoms with Crippen LogP contribution in [0.1, 0.15) is 11.6 Å². The number of hydrogen-bond donors (Lipinski definition) is 2. The minimum atomic E-state index is 0.100. The molecule has 1 aromatic rings. The van der Waals surface area contributed by atoms with Gasteiger partial charge in [0.25, 0.3) is 0 Å². The molecule has 0 aromatic heterocycles. The Kier molecular flexibility index (Phi) is 1.78. The van der Waals surface area contributed by atoms with E-state index in [0.29, 0.717) is 11.8 Å². The maximum absolute atomic E-state index is 11.2. The predicted molar refractivity (Wildman–Crippen MR) is 56.5 cm³/mol. The molecule has 1 fully saturated rings. The van der Waals surface area contributed by atoms with Crippen LogP contribution in [-0.2, 0) is 4.79 Å². The molecular weight excluding hydrogens is 196 g/mol. The number of benzene rings is 1. The van der Waals surface area contributed by atoms with Gasteiger partial charge < -0.3 is 10.6 Å². The lowest BCUT2D eigenvalue weighted by molar-refractivity contribution is -0.113. The molecular formula is C10H10N2OS. The molecule has 1 unspecified atom stereocenters. The summed E-state index contributed by atoms with van der Waals surface area (Å²) >= 11 is 1.61. The van der Waals surface area contributed by atoms with Crippen LogP contribution in [0.5, 0.6) is 0 Å². The number of rotatable bonds is 1. The van der Waals surface area contributed by atoms with E-state index in [1.54, 1.807) is 11.8 Å². The van der Waals surface area contributed by atoms with Crippen LogP contribution in [-0.4, -0.2) is 18.2 Å². The zero-order valence-corrected chi connectivity index (χ0v) is 8.36. The van der Waals surface area contributed by atoms with Gasteiger partial charge in [-0.25, -0.2) is 0 Å². The number of nitrogens with one attached hydrogen (secondary N) is 2. The zero-order chi connectivity index (χ0) is 9.54. The topological polar surface area (TPSA) is 51.0 Å². The Labute approximate surface area is 86.3 Å². The SMILES string of the molecule is O=C1CSc2ccc(C3CN3)cc2N1. The van der Waals surface area contributed by atoms with Gasteiger partial charge in [-0.3, -0.25) is 4.79 Å². The summed E-state index contributed by atoms with van der Waals surface area (Å²) in [6.07, 6.45) is 0. The van der Waals surface area contributed by atoms with E-state index >= 15 is 0 Å². The van der Waals surface area contributed by atoms with Gasteiger partial charge in [0.1, 0.15) is 0 Å². The first-order valence-electron chi connectivity index (χ1n) is 4.63. The standard InChI is InChI=1S/C10H10N2OS/c13-10-5-14-9-2-1-6(8-4-11-8)3-7(9)12-10/h1-3,8,11H,4-5H2,(H,12,13). The number of anilines is 1. The molecule has 1 saturated heterocycles. The number of thioether (sulfide) groups is 1. The van der Waals surface area contributed by atoms with E-state index in [0.717, 1.165) is 12.2 Å². The van der Waals surface area contributed by atoms with Crippen LogP contribution >= 0.6 is 11.8 Å². The molecule has 0 spiro atoms. The molecule has 2 heterocycles.